The Balaban J connectivity index is 1.58. The van der Waals surface area contributed by atoms with Gasteiger partial charge in [0.25, 0.3) is 0 Å². The van der Waals surface area contributed by atoms with Crippen LogP contribution in [0.4, 0.5) is 0 Å². The van der Waals surface area contributed by atoms with Crippen LogP contribution in [0.3, 0.4) is 0 Å². The summed E-state index contributed by atoms with van der Waals surface area (Å²) in [6.07, 6.45) is 1.03. The standard InChI is InChI=1S/C13H19N2O/c1-2-4-12(5-3-1)11-16-9-6-13-10-14-7-8-15-13/h1-5,13-14H,6-11H2. The molecule has 0 bridgehead atoms. The second-order valence-corrected chi connectivity index (χ2v) is 4.09. The molecular weight excluding hydrogens is 200 g/mol. The Kier molecular flexibility index (Phi) is 4.80. The van der Waals surface area contributed by atoms with Gasteiger partial charge in [-0.05, 0) is 12.0 Å². The van der Waals surface area contributed by atoms with E-state index in [1.807, 2.05) is 18.2 Å². The minimum atomic E-state index is 0.449. The summed E-state index contributed by atoms with van der Waals surface area (Å²) < 4.78 is 5.63. The van der Waals surface area contributed by atoms with Crippen molar-refractivity contribution in [3.05, 3.63) is 35.9 Å². The van der Waals surface area contributed by atoms with E-state index in [-0.39, 0.29) is 0 Å². The molecule has 0 spiro atoms. The minimum absolute atomic E-state index is 0.449. The molecule has 87 valence electrons. The van der Waals surface area contributed by atoms with Crippen molar-refractivity contribution < 1.29 is 4.74 Å². The molecule has 1 aliphatic heterocycles. The predicted octanol–water partition coefficient (Wildman–Crippen LogP) is 1.17. The van der Waals surface area contributed by atoms with Crippen LogP contribution < -0.4 is 10.6 Å². The minimum Gasteiger partial charge on any atom is -0.377 e. The van der Waals surface area contributed by atoms with Gasteiger partial charge in [-0.15, -0.1) is 0 Å². The summed E-state index contributed by atoms with van der Waals surface area (Å²) >= 11 is 0. The predicted molar refractivity (Wildman–Crippen MR) is 64.4 cm³/mol. The van der Waals surface area contributed by atoms with Gasteiger partial charge in [0.15, 0.2) is 0 Å². The van der Waals surface area contributed by atoms with Crippen LogP contribution >= 0.6 is 0 Å². The molecule has 0 aliphatic carbocycles. The number of nitrogens with zero attached hydrogens (tertiary/aromatic N) is 1. The number of benzene rings is 1. The van der Waals surface area contributed by atoms with Gasteiger partial charge in [0, 0.05) is 32.3 Å². The van der Waals surface area contributed by atoms with E-state index < -0.39 is 0 Å². The Hall–Kier alpha value is -0.900. The molecule has 1 aliphatic rings. The van der Waals surface area contributed by atoms with Gasteiger partial charge in [0.2, 0.25) is 0 Å². The summed E-state index contributed by atoms with van der Waals surface area (Å²) in [5, 5.41) is 7.88. The molecule has 1 unspecified atom stereocenters. The van der Waals surface area contributed by atoms with Gasteiger partial charge < -0.3 is 10.1 Å². The number of hydrogen-bond acceptors (Lipinski definition) is 2. The van der Waals surface area contributed by atoms with Crippen LogP contribution in [-0.2, 0) is 11.3 Å². The molecule has 1 N–H and O–H groups in total. The molecule has 0 saturated carbocycles. The van der Waals surface area contributed by atoms with Crippen LogP contribution in [0.5, 0.6) is 0 Å². The molecule has 16 heavy (non-hydrogen) atoms. The van der Waals surface area contributed by atoms with Crippen LogP contribution in [0, 0.1) is 0 Å². The summed E-state index contributed by atoms with van der Waals surface area (Å²) in [4.78, 5) is 0. The normalized spacial score (nSPS) is 20.9. The van der Waals surface area contributed by atoms with Crippen LogP contribution in [0.2, 0.25) is 0 Å². The summed E-state index contributed by atoms with van der Waals surface area (Å²) in [6.45, 7) is 4.49. The van der Waals surface area contributed by atoms with Crippen LogP contribution in [-0.4, -0.2) is 32.3 Å². The van der Waals surface area contributed by atoms with Gasteiger partial charge in [-0.25, -0.2) is 5.32 Å². The first kappa shape index (κ1) is 11.6. The van der Waals surface area contributed by atoms with Crippen LogP contribution in [0.15, 0.2) is 30.3 Å². The van der Waals surface area contributed by atoms with Crippen molar-refractivity contribution in [1.82, 2.24) is 10.6 Å². The highest BCUT2D eigenvalue weighted by Gasteiger charge is 2.12. The zero-order valence-electron chi connectivity index (χ0n) is 9.56. The fraction of sp³-hybridized carbons (Fsp3) is 0.538. The highest BCUT2D eigenvalue weighted by atomic mass is 16.5. The third-order valence-corrected chi connectivity index (χ3v) is 2.76. The van der Waals surface area contributed by atoms with E-state index in [1.165, 1.54) is 5.56 Å². The van der Waals surface area contributed by atoms with Crippen molar-refractivity contribution in [3.63, 3.8) is 0 Å². The molecule has 1 radical (unpaired) electrons. The summed E-state index contributed by atoms with van der Waals surface area (Å²) in [7, 11) is 0. The number of hydrogen-bond donors (Lipinski definition) is 1. The molecule has 0 amide bonds. The monoisotopic (exact) mass is 219 g/mol. The molecule has 3 nitrogen and oxygen atoms in total. The van der Waals surface area contributed by atoms with Crippen molar-refractivity contribution in [2.75, 3.05) is 26.2 Å². The molecule has 0 aromatic heterocycles. The van der Waals surface area contributed by atoms with Gasteiger partial charge in [0.05, 0.1) is 6.61 Å². The summed E-state index contributed by atoms with van der Waals surface area (Å²) in [5.74, 6) is 0. The third-order valence-electron chi connectivity index (χ3n) is 2.76. The van der Waals surface area contributed by atoms with E-state index in [2.05, 4.69) is 22.8 Å². The van der Waals surface area contributed by atoms with Gasteiger partial charge in [0.1, 0.15) is 0 Å². The van der Waals surface area contributed by atoms with E-state index in [0.717, 1.165) is 32.7 Å². The van der Waals surface area contributed by atoms with Crippen LogP contribution in [0.25, 0.3) is 0 Å². The lowest BCUT2D eigenvalue weighted by molar-refractivity contribution is 0.109. The fourth-order valence-electron chi connectivity index (χ4n) is 1.84. The van der Waals surface area contributed by atoms with Gasteiger partial charge in [-0.3, -0.25) is 0 Å². The van der Waals surface area contributed by atoms with Gasteiger partial charge >= 0.3 is 0 Å². The Bertz CT molecular complexity index is 283. The topological polar surface area (TPSA) is 35.4 Å². The van der Waals surface area contributed by atoms with Gasteiger partial charge in [-0.1, -0.05) is 30.3 Å². The maximum Gasteiger partial charge on any atom is 0.0716 e. The average molecular weight is 219 g/mol. The fourth-order valence-corrected chi connectivity index (χ4v) is 1.84. The second-order valence-electron chi connectivity index (χ2n) is 4.09. The van der Waals surface area contributed by atoms with Gasteiger partial charge in [-0.2, -0.15) is 0 Å². The SMILES string of the molecule is c1ccc(COCCC2CNCC[N]2)cc1. The molecule has 1 fully saturated rings. The zero-order valence-corrected chi connectivity index (χ0v) is 9.56. The zero-order chi connectivity index (χ0) is 11.1. The molecule has 1 aromatic carbocycles. The third kappa shape index (κ3) is 3.93. The molecule has 1 aromatic rings. The Morgan fingerprint density at radius 3 is 2.94 bits per heavy atom. The quantitative estimate of drug-likeness (QED) is 0.755. The smallest absolute Gasteiger partial charge is 0.0716 e. The maximum absolute atomic E-state index is 5.63. The van der Waals surface area contributed by atoms with Crippen LogP contribution in [0.1, 0.15) is 12.0 Å². The number of rotatable bonds is 5. The van der Waals surface area contributed by atoms with Crippen molar-refractivity contribution in [2.45, 2.75) is 19.1 Å². The first-order valence-electron chi connectivity index (χ1n) is 5.94. The Labute approximate surface area is 97.2 Å². The number of piperazine rings is 1. The van der Waals surface area contributed by atoms with E-state index in [0.29, 0.717) is 12.6 Å². The molecule has 1 atom stereocenters. The van der Waals surface area contributed by atoms with E-state index in [4.69, 9.17) is 4.74 Å². The van der Waals surface area contributed by atoms with Crippen molar-refractivity contribution in [1.29, 1.82) is 0 Å². The van der Waals surface area contributed by atoms with Crippen molar-refractivity contribution in [3.8, 4) is 0 Å². The molecule has 3 heteroatoms. The van der Waals surface area contributed by atoms with Crippen molar-refractivity contribution in [2.24, 2.45) is 0 Å². The Morgan fingerprint density at radius 1 is 1.31 bits per heavy atom. The lowest BCUT2D eigenvalue weighted by Crippen LogP contribution is -2.44. The molecule has 1 saturated heterocycles. The lowest BCUT2D eigenvalue weighted by Gasteiger charge is -2.22. The average Bonchev–Trinajstić information content (AvgIpc) is 2.37. The molecule has 1 heterocycles. The molecular formula is C13H19N2O. The summed E-state index contributed by atoms with van der Waals surface area (Å²) in [5.41, 5.74) is 1.24. The number of ether oxygens (including phenoxy) is 1. The number of nitrogens with one attached hydrogen (secondary N) is 1. The van der Waals surface area contributed by atoms with E-state index in [9.17, 15) is 0 Å². The first-order valence-corrected chi connectivity index (χ1v) is 5.94. The molecule has 2 rings (SSSR count). The van der Waals surface area contributed by atoms with E-state index >= 15 is 0 Å². The maximum atomic E-state index is 5.63. The largest absolute Gasteiger partial charge is 0.377 e. The van der Waals surface area contributed by atoms with Crippen molar-refractivity contribution >= 4 is 0 Å². The Morgan fingerprint density at radius 2 is 2.19 bits per heavy atom. The second kappa shape index (κ2) is 6.63. The van der Waals surface area contributed by atoms with E-state index in [1.54, 1.807) is 0 Å². The highest BCUT2D eigenvalue weighted by Crippen LogP contribution is 2.02. The lowest BCUT2D eigenvalue weighted by atomic mass is 10.2. The highest BCUT2D eigenvalue weighted by molar-refractivity contribution is 5.13. The summed E-state index contributed by atoms with van der Waals surface area (Å²) in [6, 6.07) is 10.7. The first-order chi connectivity index (χ1) is 7.95.